The van der Waals surface area contributed by atoms with Crippen molar-refractivity contribution in [1.29, 1.82) is 0 Å². The zero-order valence-corrected chi connectivity index (χ0v) is 17.5. The number of carbonyl (C=O) groups excluding carboxylic acids is 2. The van der Waals surface area contributed by atoms with Crippen molar-refractivity contribution >= 4 is 18.7 Å². The van der Waals surface area contributed by atoms with Crippen LogP contribution in [0.3, 0.4) is 0 Å². The molecule has 0 aliphatic rings. The minimum atomic E-state index is -1.20. The van der Waals surface area contributed by atoms with Crippen molar-refractivity contribution in [3.63, 3.8) is 0 Å². The molecule has 0 unspecified atom stereocenters. The first-order valence-electron chi connectivity index (χ1n) is 9.36. The van der Waals surface area contributed by atoms with Gasteiger partial charge in [0.25, 0.3) is 0 Å². The van der Waals surface area contributed by atoms with Gasteiger partial charge in [0.2, 0.25) is 0 Å². The van der Waals surface area contributed by atoms with Crippen LogP contribution in [0, 0.1) is 13.8 Å². The number of aryl methyl sites for hydroxylation is 2. The molecule has 166 valence electrons. The van der Waals surface area contributed by atoms with Gasteiger partial charge in [0.15, 0.2) is 0 Å². The highest BCUT2D eigenvalue weighted by atomic mass is 17.1. The van der Waals surface area contributed by atoms with E-state index >= 15 is 0 Å². The Labute approximate surface area is 184 Å². The molecule has 2 N–H and O–H groups in total. The summed E-state index contributed by atoms with van der Waals surface area (Å²) in [5.41, 5.74) is 2.25. The minimum absolute atomic E-state index is 0.0174. The van der Waals surface area contributed by atoms with Crippen LogP contribution in [0.4, 0.5) is 0 Å². The van der Waals surface area contributed by atoms with Gasteiger partial charge < -0.3 is 19.4 Å². The van der Waals surface area contributed by atoms with E-state index in [1.807, 2.05) is 25.8 Å². The fourth-order valence-electron chi connectivity index (χ4n) is 2.82. The lowest BCUT2D eigenvalue weighted by Gasteiger charge is -2.12. The number of hydrogen-bond donors (Lipinski definition) is 2. The van der Waals surface area contributed by atoms with E-state index in [9.17, 15) is 14.7 Å². The van der Waals surface area contributed by atoms with Crippen molar-refractivity contribution < 1.29 is 39.1 Å². The lowest BCUT2D eigenvalue weighted by molar-refractivity contribution is -0.253. The van der Waals surface area contributed by atoms with Crippen LogP contribution < -0.4 is 9.47 Å². The average molecular weight is 438 g/mol. The highest BCUT2D eigenvalue weighted by molar-refractivity contribution is 6.03. The van der Waals surface area contributed by atoms with Crippen LogP contribution in [0.25, 0.3) is 0 Å². The molecule has 32 heavy (non-hydrogen) atoms. The highest BCUT2D eigenvalue weighted by Crippen LogP contribution is 2.29. The van der Waals surface area contributed by atoms with Gasteiger partial charge in [-0.3, -0.25) is 5.26 Å². The molecule has 0 atom stereocenters. The van der Waals surface area contributed by atoms with Gasteiger partial charge in [0.1, 0.15) is 30.6 Å². The minimum Gasteiger partial charge on any atom is -0.478 e. The Morgan fingerprint density at radius 1 is 0.844 bits per heavy atom. The summed E-state index contributed by atoms with van der Waals surface area (Å²) in [7, 11) is 0. The third-order valence-corrected chi connectivity index (χ3v) is 4.33. The Kier molecular flexibility index (Phi) is 8.64. The largest absolute Gasteiger partial charge is 0.478 e. The Bertz CT molecular complexity index is 1090. The molecule has 3 rings (SSSR count). The zero-order chi connectivity index (χ0) is 23.7. The molecule has 0 radical (unpaired) electrons. The second kappa shape index (κ2) is 11.4. The summed E-state index contributed by atoms with van der Waals surface area (Å²) in [5, 5.41) is 18.0. The van der Waals surface area contributed by atoms with E-state index in [1.165, 1.54) is 12.1 Å². The molecule has 0 fully saturated rings. The SMILES string of the molecule is C=O.Cc1ccc(COO)c(Oc2ccc(OC(=O)c3cc(C)ccc3C(=O)O)cc2)c1. The van der Waals surface area contributed by atoms with E-state index in [2.05, 4.69) is 4.89 Å². The van der Waals surface area contributed by atoms with Gasteiger partial charge >= 0.3 is 11.9 Å². The van der Waals surface area contributed by atoms with Crippen molar-refractivity contribution in [3.05, 3.63) is 88.5 Å². The van der Waals surface area contributed by atoms with Crippen LogP contribution in [0.15, 0.2) is 60.7 Å². The van der Waals surface area contributed by atoms with Crippen molar-refractivity contribution in [2.24, 2.45) is 0 Å². The second-order valence-corrected chi connectivity index (χ2v) is 6.70. The molecule has 0 aliphatic carbocycles. The van der Waals surface area contributed by atoms with E-state index in [4.69, 9.17) is 19.5 Å². The average Bonchev–Trinajstić information content (AvgIpc) is 2.78. The van der Waals surface area contributed by atoms with E-state index in [-0.39, 0.29) is 23.5 Å². The molecule has 0 amide bonds. The van der Waals surface area contributed by atoms with Crippen LogP contribution >= 0.6 is 0 Å². The summed E-state index contributed by atoms with van der Waals surface area (Å²) >= 11 is 0. The van der Waals surface area contributed by atoms with Gasteiger partial charge in [-0.25, -0.2) is 14.5 Å². The number of ether oxygens (including phenoxy) is 2. The summed E-state index contributed by atoms with van der Waals surface area (Å²) in [6, 6.07) is 16.3. The lowest BCUT2D eigenvalue weighted by atomic mass is 10.0. The fraction of sp³-hybridized carbons (Fsp3) is 0.125. The molecule has 0 bridgehead atoms. The third-order valence-electron chi connectivity index (χ3n) is 4.33. The second-order valence-electron chi connectivity index (χ2n) is 6.70. The smallest absolute Gasteiger partial charge is 0.344 e. The summed E-state index contributed by atoms with van der Waals surface area (Å²) in [5.74, 6) is -0.702. The monoisotopic (exact) mass is 438 g/mol. The molecule has 0 saturated heterocycles. The number of carbonyl (C=O) groups is 3. The van der Waals surface area contributed by atoms with E-state index in [0.717, 1.165) is 11.1 Å². The third kappa shape index (κ3) is 6.24. The summed E-state index contributed by atoms with van der Waals surface area (Å²) in [6.07, 6.45) is 0. The van der Waals surface area contributed by atoms with E-state index in [0.29, 0.717) is 17.1 Å². The fourth-order valence-corrected chi connectivity index (χ4v) is 2.82. The van der Waals surface area contributed by atoms with Crippen LogP contribution in [0.5, 0.6) is 17.2 Å². The number of carboxylic acids is 1. The van der Waals surface area contributed by atoms with Crippen LogP contribution in [0.1, 0.15) is 37.4 Å². The molecule has 0 aliphatic heterocycles. The zero-order valence-electron chi connectivity index (χ0n) is 17.5. The van der Waals surface area contributed by atoms with Crippen LogP contribution in [-0.2, 0) is 16.3 Å². The predicted molar refractivity (Wildman–Crippen MR) is 115 cm³/mol. The first kappa shape index (κ1) is 24.3. The maximum Gasteiger partial charge on any atom is 0.344 e. The maximum absolute atomic E-state index is 12.5. The molecule has 0 spiro atoms. The molecule has 3 aromatic rings. The molecule has 8 nitrogen and oxygen atoms in total. The Morgan fingerprint density at radius 2 is 1.44 bits per heavy atom. The quantitative estimate of drug-likeness (QED) is 0.233. The maximum atomic E-state index is 12.5. The number of benzene rings is 3. The van der Waals surface area contributed by atoms with Crippen LogP contribution in [-0.4, -0.2) is 29.1 Å². The molecule has 8 heteroatoms. The highest BCUT2D eigenvalue weighted by Gasteiger charge is 2.18. The van der Waals surface area contributed by atoms with Crippen LogP contribution in [0.2, 0.25) is 0 Å². The normalized spacial score (nSPS) is 9.97. The van der Waals surface area contributed by atoms with Gasteiger partial charge in [0, 0.05) is 5.56 Å². The number of hydrogen-bond acceptors (Lipinski definition) is 7. The summed E-state index contributed by atoms with van der Waals surface area (Å²) in [4.78, 5) is 36.0. The molecular formula is C24H22O8. The Morgan fingerprint density at radius 3 is 2.06 bits per heavy atom. The predicted octanol–water partition coefficient (Wildman–Crippen LogP) is 4.82. The number of rotatable bonds is 7. The van der Waals surface area contributed by atoms with E-state index in [1.54, 1.807) is 43.3 Å². The van der Waals surface area contributed by atoms with Gasteiger partial charge in [-0.05, 0) is 61.9 Å². The molecule has 0 aromatic heterocycles. The summed E-state index contributed by atoms with van der Waals surface area (Å²) in [6.45, 7) is 5.65. The van der Waals surface area contributed by atoms with Crippen molar-refractivity contribution in [2.45, 2.75) is 20.5 Å². The van der Waals surface area contributed by atoms with Crippen molar-refractivity contribution in [3.8, 4) is 17.2 Å². The number of esters is 1. The van der Waals surface area contributed by atoms with Gasteiger partial charge in [-0.1, -0.05) is 23.8 Å². The first-order valence-corrected chi connectivity index (χ1v) is 9.36. The van der Waals surface area contributed by atoms with Crippen molar-refractivity contribution in [2.75, 3.05) is 0 Å². The Balaban J connectivity index is 0.00000176. The summed E-state index contributed by atoms with van der Waals surface area (Å²) < 4.78 is 11.2. The van der Waals surface area contributed by atoms with Gasteiger partial charge in [-0.2, -0.15) is 0 Å². The van der Waals surface area contributed by atoms with Gasteiger partial charge in [-0.15, -0.1) is 0 Å². The standard InChI is InChI=1S/C23H20O7.CH2O/c1-14-4-10-19(22(24)25)20(11-14)23(26)30-18-8-6-17(7-9-18)29-21-12-15(2)3-5-16(21)13-28-27;1-2/h3-12,27H,13H2,1-2H3,(H,24,25);1H2. The first-order chi connectivity index (χ1) is 15.4. The van der Waals surface area contributed by atoms with E-state index < -0.39 is 11.9 Å². The molecular weight excluding hydrogens is 416 g/mol. The molecule has 3 aromatic carbocycles. The molecule has 0 saturated carbocycles. The Hall–Kier alpha value is -4.01. The lowest BCUT2D eigenvalue weighted by Crippen LogP contribution is -2.14. The molecule has 0 heterocycles. The number of aromatic carboxylic acids is 1. The van der Waals surface area contributed by atoms with Gasteiger partial charge in [0.05, 0.1) is 11.1 Å². The van der Waals surface area contributed by atoms with Crippen molar-refractivity contribution in [1.82, 2.24) is 0 Å². The topological polar surface area (TPSA) is 119 Å². The number of carboxylic acid groups (broad SMARTS) is 1.